The topological polar surface area (TPSA) is 66.1 Å². The van der Waals surface area contributed by atoms with Crippen LogP contribution in [0.2, 0.25) is 0 Å². The molecule has 7 heteroatoms. The van der Waals surface area contributed by atoms with Gasteiger partial charge in [-0.3, -0.25) is 14.2 Å². The highest BCUT2D eigenvalue weighted by molar-refractivity contribution is 7.99. The third-order valence-electron chi connectivity index (χ3n) is 5.94. The van der Waals surface area contributed by atoms with Crippen molar-refractivity contribution < 1.29 is 9.53 Å². The molecule has 0 bridgehead atoms. The highest BCUT2D eigenvalue weighted by atomic mass is 32.2. The predicted octanol–water partition coefficient (Wildman–Crippen LogP) is 5.04. The summed E-state index contributed by atoms with van der Waals surface area (Å²) < 4.78 is 8.92. The number of thioether (sulfide) groups is 1. The summed E-state index contributed by atoms with van der Waals surface area (Å²) in [5, 5.41) is 1.06. The maximum atomic E-state index is 13.5. The molecule has 0 fully saturated rings. The molecular weight excluding hydrogens is 446 g/mol. The zero-order chi connectivity index (χ0) is 24.4. The van der Waals surface area contributed by atoms with Gasteiger partial charge in [0.25, 0.3) is 5.56 Å². The van der Waals surface area contributed by atoms with E-state index in [0.717, 1.165) is 28.2 Å². The van der Waals surface area contributed by atoms with Crippen molar-refractivity contribution in [3.63, 3.8) is 0 Å². The molecule has 4 aromatic rings. The summed E-state index contributed by atoms with van der Waals surface area (Å²) in [4.78, 5) is 31.5. The van der Waals surface area contributed by atoms with Crippen molar-refractivity contribution in [1.29, 1.82) is 0 Å². The van der Waals surface area contributed by atoms with Gasteiger partial charge in [0.1, 0.15) is 0 Å². The second kappa shape index (κ2) is 9.99. The highest BCUT2D eigenvalue weighted by Crippen LogP contribution is 2.25. The number of Topliss-reactive ketones (excluding diaryl/α,β-unsaturated/α-hetero) is 1. The summed E-state index contributed by atoms with van der Waals surface area (Å²) in [5.41, 5.74) is 6.02. The molecule has 2 aromatic carbocycles. The van der Waals surface area contributed by atoms with Gasteiger partial charge in [0.05, 0.1) is 29.0 Å². The predicted molar refractivity (Wildman–Crippen MR) is 138 cm³/mol. The molecule has 0 aliphatic carbocycles. The fourth-order valence-corrected chi connectivity index (χ4v) is 5.23. The van der Waals surface area contributed by atoms with Gasteiger partial charge in [-0.15, -0.1) is 0 Å². The number of para-hydroxylation sites is 1. The minimum absolute atomic E-state index is 0.0103. The standard InChI is InChI=1S/C27H29N3O3S/c1-17-12-18(2)14-21(13-17)30-26(32)22-8-6-7-9-24(22)28-27(30)34-16-25(31)23-15-19(3)29(20(23)4)10-11-33-5/h6-9,12-15H,10-11,16H2,1-5H3. The number of aromatic nitrogens is 3. The number of ether oxygens (including phenoxy) is 1. The van der Waals surface area contributed by atoms with Crippen LogP contribution in [-0.2, 0) is 11.3 Å². The van der Waals surface area contributed by atoms with Crippen LogP contribution in [0.5, 0.6) is 0 Å². The Bertz CT molecular complexity index is 1420. The molecule has 4 rings (SSSR count). The zero-order valence-corrected chi connectivity index (χ0v) is 21.0. The monoisotopic (exact) mass is 475 g/mol. The van der Waals surface area contributed by atoms with E-state index in [1.165, 1.54) is 11.8 Å². The Morgan fingerprint density at radius 2 is 1.74 bits per heavy atom. The number of aryl methyl sites for hydroxylation is 3. The van der Waals surface area contributed by atoms with Gasteiger partial charge in [-0.1, -0.05) is 30.0 Å². The Hall–Kier alpha value is -3.16. The Morgan fingerprint density at radius 1 is 1.03 bits per heavy atom. The molecule has 0 spiro atoms. The lowest BCUT2D eigenvalue weighted by Crippen LogP contribution is -2.22. The molecule has 6 nitrogen and oxygen atoms in total. The summed E-state index contributed by atoms with van der Waals surface area (Å²) in [6.07, 6.45) is 0. The fraction of sp³-hybridized carbons (Fsp3) is 0.296. The first-order chi connectivity index (χ1) is 16.3. The van der Waals surface area contributed by atoms with Crippen LogP contribution in [0.15, 0.2) is 58.5 Å². The summed E-state index contributed by atoms with van der Waals surface area (Å²) in [7, 11) is 1.67. The third-order valence-corrected chi connectivity index (χ3v) is 6.87. The number of methoxy groups -OCH3 is 1. The van der Waals surface area contributed by atoms with Gasteiger partial charge in [-0.05, 0) is 69.2 Å². The van der Waals surface area contributed by atoms with Crippen molar-refractivity contribution in [3.05, 3.63) is 87.0 Å². The second-order valence-corrected chi connectivity index (χ2v) is 9.48. The molecule has 2 heterocycles. The molecule has 0 unspecified atom stereocenters. The first-order valence-electron chi connectivity index (χ1n) is 11.2. The third kappa shape index (κ3) is 4.72. The number of benzene rings is 2. The molecule has 0 radical (unpaired) electrons. The van der Waals surface area contributed by atoms with Crippen LogP contribution in [0.4, 0.5) is 0 Å². The average molecular weight is 476 g/mol. The van der Waals surface area contributed by atoms with Crippen molar-refractivity contribution >= 4 is 28.4 Å². The number of hydrogen-bond donors (Lipinski definition) is 0. The number of fused-ring (bicyclic) bond motifs is 1. The minimum atomic E-state index is -0.136. The van der Waals surface area contributed by atoms with Gasteiger partial charge < -0.3 is 9.30 Å². The van der Waals surface area contributed by atoms with Crippen molar-refractivity contribution in [2.45, 2.75) is 39.4 Å². The van der Waals surface area contributed by atoms with E-state index in [-0.39, 0.29) is 17.1 Å². The van der Waals surface area contributed by atoms with Crippen molar-refractivity contribution in [3.8, 4) is 5.69 Å². The van der Waals surface area contributed by atoms with Crippen molar-refractivity contribution in [2.24, 2.45) is 0 Å². The molecule has 0 amide bonds. The fourth-order valence-electron chi connectivity index (χ4n) is 4.33. The van der Waals surface area contributed by atoms with Crippen LogP contribution in [-0.4, -0.2) is 39.4 Å². The smallest absolute Gasteiger partial charge is 0.266 e. The number of hydrogen-bond acceptors (Lipinski definition) is 5. The molecular formula is C27H29N3O3S. The molecule has 0 aliphatic heterocycles. The van der Waals surface area contributed by atoms with Crippen LogP contribution in [0.25, 0.3) is 16.6 Å². The lowest BCUT2D eigenvalue weighted by molar-refractivity contribution is 0.102. The number of nitrogens with zero attached hydrogens (tertiary/aromatic N) is 3. The van der Waals surface area contributed by atoms with Gasteiger partial charge in [0.2, 0.25) is 0 Å². The van der Waals surface area contributed by atoms with Crippen LogP contribution in [0, 0.1) is 27.7 Å². The largest absolute Gasteiger partial charge is 0.383 e. The Morgan fingerprint density at radius 3 is 2.44 bits per heavy atom. The van der Waals surface area contributed by atoms with Gasteiger partial charge >= 0.3 is 0 Å². The number of rotatable bonds is 8. The van der Waals surface area contributed by atoms with E-state index in [2.05, 4.69) is 10.6 Å². The quantitative estimate of drug-likeness (QED) is 0.203. The summed E-state index contributed by atoms with van der Waals surface area (Å²) >= 11 is 1.30. The van der Waals surface area contributed by atoms with Crippen molar-refractivity contribution in [2.75, 3.05) is 19.5 Å². The summed E-state index contributed by atoms with van der Waals surface area (Å²) in [6.45, 7) is 9.25. The van der Waals surface area contributed by atoms with Gasteiger partial charge in [0, 0.05) is 30.6 Å². The molecule has 176 valence electrons. The number of ketones is 1. The summed E-state index contributed by atoms with van der Waals surface area (Å²) in [5.74, 6) is 0.195. The molecule has 2 aromatic heterocycles. The minimum Gasteiger partial charge on any atom is -0.383 e. The van der Waals surface area contributed by atoms with E-state index in [4.69, 9.17) is 9.72 Å². The van der Waals surface area contributed by atoms with Crippen LogP contribution < -0.4 is 5.56 Å². The van der Waals surface area contributed by atoms with E-state index >= 15 is 0 Å². The number of carbonyl (C=O) groups excluding carboxylic acids is 1. The van der Waals surface area contributed by atoms with E-state index in [0.29, 0.717) is 34.8 Å². The highest BCUT2D eigenvalue weighted by Gasteiger charge is 2.19. The lowest BCUT2D eigenvalue weighted by atomic mass is 10.1. The normalized spacial score (nSPS) is 11.3. The van der Waals surface area contributed by atoms with Crippen molar-refractivity contribution in [1.82, 2.24) is 14.1 Å². The molecule has 0 saturated heterocycles. The Labute approximate surface area is 203 Å². The Balaban J connectivity index is 1.72. The maximum Gasteiger partial charge on any atom is 0.266 e. The Kier molecular flexibility index (Phi) is 7.05. The average Bonchev–Trinajstić information content (AvgIpc) is 3.08. The van der Waals surface area contributed by atoms with E-state index in [9.17, 15) is 9.59 Å². The van der Waals surface area contributed by atoms with Gasteiger partial charge in [-0.2, -0.15) is 0 Å². The van der Waals surface area contributed by atoms with Crippen LogP contribution >= 0.6 is 11.8 Å². The lowest BCUT2D eigenvalue weighted by Gasteiger charge is -2.14. The first-order valence-corrected chi connectivity index (χ1v) is 12.2. The summed E-state index contributed by atoms with van der Waals surface area (Å²) in [6, 6.07) is 15.3. The van der Waals surface area contributed by atoms with Crippen LogP contribution in [0.1, 0.15) is 32.9 Å². The SMILES string of the molecule is COCCn1c(C)cc(C(=O)CSc2nc3ccccc3c(=O)n2-c2cc(C)cc(C)c2)c1C. The molecule has 0 saturated carbocycles. The zero-order valence-electron chi connectivity index (χ0n) is 20.2. The van der Waals surface area contributed by atoms with Gasteiger partial charge in [0.15, 0.2) is 10.9 Å². The molecule has 0 N–H and O–H groups in total. The van der Waals surface area contributed by atoms with E-state index < -0.39 is 0 Å². The molecule has 34 heavy (non-hydrogen) atoms. The number of carbonyl (C=O) groups is 1. The van der Waals surface area contributed by atoms with E-state index in [1.807, 2.05) is 64.1 Å². The first kappa shape index (κ1) is 24.0. The molecule has 0 aliphatic rings. The molecule has 0 atom stereocenters. The maximum absolute atomic E-state index is 13.5. The second-order valence-electron chi connectivity index (χ2n) is 8.54. The van der Waals surface area contributed by atoms with Crippen LogP contribution in [0.3, 0.4) is 0 Å². The van der Waals surface area contributed by atoms with Gasteiger partial charge in [-0.25, -0.2) is 4.98 Å². The van der Waals surface area contributed by atoms with E-state index in [1.54, 1.807) is 17.7 Å².